The molecule has 0 aliphatic carbocycles. The molecule has 0 radical (unpaired) electrons. The van der Waals surface area contributed by atoms with E-state index < -0.39 is 0 Å². The van der Waals surface area contributed by atoms with Gasteiger partial charge < -0.3 is 10.1 Å². The summed E-state index contributed by atoms with van der Waals surface area (Å²) in [6.07, 6.45) is 7.50. The first-order valence-corrected chi connectivity index (χ1v) is 11.1. The van der Waals surface area contributed by atoms with E-state index in [1.807, 2.05) is 24.3 Å². The van der Waals surface area contributed by atoms with E-state index in [2.05, 4.69) is 60.5 Å². The van der Waals surface area contributed by atoms with Gasteiger partial charge in [-0.3, -0.25) is 9.69 Å². The molecule has 1 N–H and O–H groups in total. The summed E-state index contributed by atoms with van der Waals surface area (Å²) in [6, 6.07) is 16.1. The highest BCUT2D eigenvalue weighted by Gasteiger charge is 2.08. The van der Waals surface area contributed by atoms with Crippen molar-refractivity contribution in [3.8, 4) is 5.75 Å². The highest BCUT2D eigenvalue weighted by Crippen LogP contribution is 2.14. The molecule has 1 heterocycles. The Bertz CT molecular complexity index is 810. The maximum absolute atomic E-state index is 12.4. The first-order chi connectivity index (χ1) is 14.6. The summed E-state index contributed by atoms with van der Waals surface area (Å²) in [7, 11) is 0. The van der Waals surface area contributed by atoms with E-state index in [-0.39, 0.29) is 5.91 Å². The number of nitrogens with one attached hydrogen (secondary N) is 1. The van der Waals surface area contributed by atoms with E-state index in [1.54, 1.807) is 0 Å². The molecule has 1 amide bonds. The molecule has 3 rings (SSSR count). The molecule has 0 unspecified atom stereocenters. The third-order valence-corrected chi connectivity index (χ3v) is 5.35. The molecule has 0 spiro atoms. The quantitative estimate of drug-likeness (QED) is 0.574. The fourth-order valence-electron chi connectivity index (χ4n) is 3.44. The molecule has 0 atom stereocenters. The van der Waals surface area contributed by atoms with Crippen LogP contribution in [0.3, 0.4) is 0 Å². The van der Waals surface area contributed by atoms with Crippen molar-refractivity contribution in [1.29, 1.82) is 0 Å². The van der Waals surface area contributed by atoms with Crippen LogP contribution < -0.4 is 10.1 Å². The summed E-state index contributed by atoms with van der Waals surface area (Å²) < 4.78 is 5.71. The molecule has 0 bridgehead atoms. The summed E-state index contributed by atoms with van der Waals surface area (Å²) in [6.45, 7) is 8.86. The van der Waals surface area contributed by atoms with Gasteiger partial charge in [-0.05, 0) is 60.6 Å². The Hall–Kier alpha value is -2.59. The minimum atomic E-state index is -0.0431. The normalized spacial score (nSPS) is 14.1. The first kappa shape index (κ1) is 22.1. The molecule has 0 aromatic heterocycles. The van der Waals surface area contributed by atoms with Crippen LogP contribution in [0.25, 0.3) is 0 Å². The van der Waals surface area contributed by atoms with Gasteiger partial charge in [-0.2, -0.15) is 0 Å². The largest absolute Gasteiger partial charge is 0.494 e. The van der Waals surface area contributed by atoms with Crippen molar-refractivity contribution in [3.63, 3.8) is 0 Å². The van der Waals surface area contributed by atoms with Crippen LogP contribution in [0.5, 0.6) is 5.75 Å². The lowest BCUT2D eigenvalue weighted by atomic mass is 10.1. The summed E-state index contributed by atoms with van der Waals surface area (Å²) >= 11 is 0. The number of carbonyl (C=O) groups excluding carboxylic acids is 1. The monoisotopic (exact) mass is 406 g/mol. The molecule has 2 aromatic carbocycles. The van der Waals surface area contributed by atoms with Crippen LogP contribution in [0.15, 0.2) is 60.7 Å². The van der Waals surface area contributed by atoms with Crippen LogP contribution in [0, 0.1) is 5.92 Å². The molecule has 4 nitrogen and oxygen atoms in total. The molecule has 1 aliphatic heterocycles. The SMILES string of the molecule is CC(C)CCOc1ccc(C(=O)NCCc2ccc(CN3CC=CCC3)cc2)cc1. The molecule has 0 saturated carbocycles. The molecular weight excluding hydrogens is 372 g/mol. The number of nitrogens with zero attached hydrogens (tertiary/aromatic N) is 1. The average Bonchev–Trinajstić information content (AvgIpc) is 2.76. The predicted molar refractivity (Wildman–Crippen MR) is 123 cm³/mol. The summed E-state index contributed by atoms with van der Waals surface area (Å²) in [4.78, 5) is 14.8. The second-order valence-corrected chi connectivity index (χ2v) is 8.37. The molecule has 1 aliphatic rings. The van der Waals surface area contributed by atoms with E-state index in [0.717, 1.165) is 44.6 Å². The summed E-state index contributed by atoms with van der Waals surface area (Å²) in [5.74, 6) is 1.39. The van der Waals surface area contributed by atoms with Gasteiger partial charge in [0, 0.05) is 31.7 Å². The Balaban J connectivity index is 1.39. The lowest BCUT2D eigenvalue weighted by molar-refractivity contribution is 0.0954. The van der Waals surface area contributed by atoms with Gasteiger partial charge in [0.05, 0.1) is 6.61 Å². The van der Waals surface area contributed by atoms with Gasteiger partial charge in [0.2, 0.25) is 0 Å². The van der Waals surface area contributed by atoms with Crippen LogP contribution in [-0.2, 0) is 13.0 Å². The smallest absolute Gasteiger partial charge is 0.251 e. The Morgan fingerprint density at radius 2 is 1.77 bits per heavy atom. The van der Waals surface area contributed by atoms with Crippen molar-refractivity contribution < 1.29 is 9.53 Å². The third-order valence-electron chi connectivity index (χ3n) is 5.35. The van der Waals surface area contributed by atoms with Crippen molar-refractivity contribution >= 4 is 5.91 Å². The number of carbonyl (C=O) groups is 1. The second kappa shape index (κ2) is 11.6. The zero-order valence-electron chi connectivity index (χ0n) is 18.3. The van der Waals surface area contributed by atoms with Crippen molar-refractivity contribution in [2.75, 3.05) is 26.2 Å². The van der Waals surface area contributed by atoms with E-state index in [4.69, 9.17) is 4.74 Å². The van der Waals surface area contributed by atoms with Crippen molar-refractivity contribution in [2.45, 2.75) is 39.7 Å². The van der Waals surface area contributed by atoms with Gasteiger partial charge in [0.15, 0.2) is 0 Å². The van der Waals surface area contributed by atoms with Gasteiger partial charge >= 0.3 is 0 Å². The maximum atomic E-state index is 12.4. The number of hydrogen-bond donors (Lipinski definition) is 1. The van der Waals surface area contributed by atoms with Crippen molar-refractivity contribution in [1.82, 2.24) is 10.2 Å². The van der Waals surface area contributed by atoms with Crippen LogP contribution >= 0.6 is 0 Å². The lowest BCUT2D eigenvalue weighted by Crippen LogP contribution is -2.26. The van der Waals surface area contributed by atoms with Crippen LogP contribution in [0.1, 0.15) is 48.2 Å². The second-order valence-electron chi connectivity index (χ2n) is 8.37. The highest BCUT2D eigenvalue weighted by atomic mass is 16.5. The predicted octanol–water partition coefficient (Wildman–Crippen LogP) is 4.85. The van der Waals surface area contributed by atoms with E-state index in [0.29, 0.717) is 24.6 Å². The van der Waals surface area contributed by atoms with Gasteiger partial charge in [-0.25, -0.2) is 0 Å². The number of ether oxygens (including phenoxy) is 1. The lowest BCUT2D eigenvalue weighted by Gasteiger charge is -2.23. The topological polar surface area (TPSA) is 41.6 Å². The zero-order valence-corrected chi connectivity index (χ0v) is 18.3. The summed E-state index contributed by atoms with van der Waals surface area (Å²) in [5.41, 5.74) is 3.25. The fraction of sp³-hybridized carbons (Fsp3) is 0.423. The molecule has 2 aromatic rings. The van der Waals surface area contributed by atoms with Crippen LogP contribution in [0.4, 0.5) is 0 Å². The molecule has 0 saturated heterocycles. The van der Waals surface area contributed by atoms with Gasteiger partial charge in [0.1, 0.15) is 5.75 Å². The fourth-order valence-corrected chi connectivity index (χ4v) is 3.44. The van der Waals surface area contributed by atoms with Gasteiger partial charge in [0.25, 0.3) is 5.91 Å². The number of rotatable bonds is 10. The van der Waals surface area contributed by atoms with E-state index >= 15 is 0 Å². The van der Waals surface area contributed by atoms with Crippen molar-refractivity contribution in [3.05, 3.63) is 77.4 Å². The molecular formula is C26H34N2O2. The zero-order chi connectivity index (χ0) is 21.2. The number of benzene rings is 2. The minimum absolute atomic E-state index is 0.0431. The molecule has 0 fully saturated rings. The Morgan fingerprint density at radius 3 is 2.43 bits per heavy atom. The minimum Gasteiger partial charge on any atom is -0.494 e. The molecule has 160 valence electrons. The number of amides is 1. The average molecular weight is 407 g/mol. The number of hydrogen-bond acceptors (Lipinski definition) is 3. The van der Waals surface area contributed by atoms with Crippen LogP contribution in [-0.4, -0.2) is 37.0 Å². The first-order valence-electron chi connectivity index (χ1n) is 11.1. The highest BCUT2D eigenvalue weighted by molar-refractivity contribution is 5.94. The van der Waals surface area contributed by atoms with Crippen molar-refractivity contribution in [2.24, 2.45) is 5.92 Å². The van der Waals surface area contributed by atoms with Gasteiger partial charge in [-0.1, -0.05) is 50.3 Å². The summed E-state index contributed by atoms with van der Waals surface area (Å²) in [5, 5.41) is 3.01. The van der Waals surface area contributed by atoms with E-state index in [9.17, 15) is 4.79 Å². The molecule has 30 heavy (non-hydrogen) atoms. The Kier molecular flexibility index (Phi) is 8.52. The Morgan fingerprint density at radius 1 is 1.03 bits per heavy atom. The maximum Gasteiger partial charge on any atom is 0.251 e. The van der Waals surface area contributed by atoms with Crippen LogP contribution in [0.2, 0.25) is 0 Å². The van der Waals surface area contributed by atoms with E-state index in [1.165, 1.54) is 11.1 Å². The Labute approximate surface area is 180 Å². The third kappa shape index (κ3) is 7.34. The molecule has 4 heteroatoms. The standard InChI is InChI=1S/C26H34N2O2/c1-21(2)15-19-30-25-12-10-24(11-13-25)26(29)27-16-14-22-6-8-23(9-7-22)20-28-17-4-3-5-18-28/h3-4,6-13,21H,5,14-20H2,1-2H3,(H,27,29). The van der Waals surface area contributed by atoms with Gasteiger partial charge in [-0.15, -0.1) is 0 Å².